The maximum absolute atomic E-state index is 12.4. The van der Waals surface area contributed by atoms with Crippen molar-refractivity contribution in [1.29, 1.82) is 0 Å². The molecule has 0 unspecified atom stereocenters. The molecule has 0 aliphatic carbocycles. The van der Waals surface area contributed by atoms with Crippen molar-refractivity contribution in [2.45, 2.75) is 26.7 Å². The molecule has 0 radical (unpaired) electrons. The number of benzene rings is 1. The second kappa shape index (κ2) is 9.92. The average Bonchev–Trinajstić information content (AvgIpc) is 2.60. The smallest absolute Gasteiger partial charge is 0.342 e. The molecule has 0 N–H and O–H groups in total. The summed E-state index contributed by atoms with van der Waals surface area (Å²) in [6.45, 7) is 5.46. The highest BCUT2D eigenvalue weighted by atomic mass is 16.5. The Balaban J connectivity index is 2.23. The van der Waals surface area contributed by atoms with E-state index >= 15 is 0 Å². The summed E-state index contributed by atoms with van der Waals surface area (Å²) >= 11 is 0. The van der Waals surface area contributed by atoms with Gasteiger partial charge in [-0.3, -0.25) is 4.98 Å². The summed E-state index contributed by atoms with van der Waals surface area (Å²) in [5.41, 5.74) is 3.15. The maximum Gasteiger partial charge on any atom is 0.342 e. The zero-order valence-electron chi connectivity index (χ0n) is 16.1. The molecule has 1 aromatic carbocycles. The van der Waals surface area contributed by atoms with Crippen LogP contribution in [0.25, 0.3) is 0 Å². The number of aryl methyl sites for hydroxylation is 1. The Morgan fingerprint density at radius 2 is 1.92 bits per heavy atom. The molecule has 5 nitrogen and oxygen atoms in total. The number of pyridine rings is 1. The molecular formula is C21H28N2O3. The molecule has 0 aliphatic heterocycles. The topological polar surface area (TPSA) is 51.7 Å². The van der Waals surface area contributed by atoms with Crippen molar-refractivity contribution in [1.82, 2.24) is 9.88 Å². The minimum Gasteiger partial charge on any atom is -0.491 e. The summed E-state index contributed by atoms with van der Waals surface area (Å²) in [6.07, 6.45) is 1.54. The molecule has 0 fully saturated rings. The number of hydrogen-bond acceptors (Lipinski definition) is 5. The lowest BCUT2D eigenvalue weighted by Crippen LogP contribution is -2.17. The van der Waals surface area contributed by atoms with Crippen molar-refractivity contribution in [2.75, 3.05) is 33.9 Å². The van der Waals surface area contributed by atoms with E-state index < -0.39 is 0 Å². The normalized spacial score (nSPS) is 10.8. The van der Waals surface area contributed by atoms with E-state index in [-0.39, 0.29) is 5.97 Å². The molecule has 2 rings (SSSR count). The van der Waals surface area contributed by atoms with Crippen LogP contribution in [0.1, 0.15) is 40.7 Å². The zero-order valence-corrected chi connectivity index (χ0v) is 16.1. The van der Waals surface area contributed by atoms with Gasteiger partial charge in [-0.2, -0.15) is 0 Å². The zero-order chi connectivity index (χ0) is 18.9. The van der Waals surface area contributed by atoms with Crippen LogP contribution in [0.5, 0.6) is 5.75 Å². The van der Waals surface area contributed by atoms with Crippen molar-refractivity contribution in [3.63, 3.8) is 0 Å². The Morgan fingerprint density at radius 3 is 2.58 bits per heavy atom. The van der Waals surface area contributed by atoms with Gasteiger partial charge in [-0.05, 0) is 46.0 Å². The van der Waals surface area contributed by atoms with Crippen molar-refractivity contribution in [3.8, 4) is 5.75 Å². The lowest BCUT2D eigenvalue weighted by molar-refractivity contribution is 0.0521. The van der Waals surface area contributed by atoms with Gasteiger partial charge in [-0.15, -0.1) is 0 Å². The second-order valence-electron chi connectivity index (χ2n) is 6.46. The maximum atomic E-state index is 12.4. The van der Waals surface area contributed by atoms with E-state index in [9.17, 15) is 4.79 Å². The van der Waals surface area contributed by atoms with Gasteiger partial charge < -0.3 is 14.4 Å². The molecule has 1 heterocycles. The minimum atomic E-state index is -0.366. The number of hydrogen-bond donors (Lipinski definition) is 0. The van der Waals surface area contributed by atoms with Crippen molar-refractivity contribution in [2.24, 2.45) is 0 Å². The monoisotopic (exact) mass is 356 g/mol. The summed E-state index contributed by atoms with van der Waals surface area (Å²) in [7, 11) is 4.05. The van der Waals surface area contributed by atoms with Crippen LogP contribution in [-0.4, -0.2) is 49.7 Å². The second-order valence-corrected chi connectivity index (χ2v) is 6.46. The van der Waals surface area contributed by atoms with E-state index in [1.807, 2.05) is 51.4 Å². The first-order valence-electron chi connectivity index (χ1n) is 9.00. The third-order valence-electron chi connectivity index (χ3n) is 3.91. The van der Waals surface area contributed by atoms with Gasteiger partial charge >= 0.3 is 5.97 Å². The molecule has 0 saturated heterocycles. The molecule has 26 heavy (non-hydrogen) atoms. The van der Waals surface area contributed by atoms with Crippen LogP contribution in [0, 0.1) is 6.92 Å². The first kappa shape index (κ1) is 19.9. The Bertz CT molecular complexity index is 715. The fourth-order valence-electron chi connectivity index (χ4n) is 2.72. The van der Waals surface area contributed by atoms with Gasteiger partial charge in [-0.1, -0.05) is 30.3 Å². The van der Waals surface area contributed by atoms with Crippen LogP contribution >= 0.6 is 0 Å². The van der Waals surface area contributed by atoms with Gasteiger partial charge in [0.05, 0.1) is 18.9 Å². The number of rotatable bonds is 9. The predicted molar refractivity (Wildman–Crippen MR) is 103 cm³/mol. The molecule has 0 aliphatic rings. The van der Waals surface area contributed by atoms with Crippen LogP contribution in [0.4, 0.5) is 0 Å². The SMILES string of the molecule is CCOC(=O)c1cc(Cc2ccccc2)nc(C)c1OCCCN(C)C. The first-order valence-corrected chi connectivity index (χ1v) is 9.00. The van der Waals surface area contributed by atoms with Gasteiger partial charge in [0.2, 0.25) is 0 Å². The highest BCUT2D eigenvalue weighted by molar-refractivity contribution is 5.93. The predicted octanol–water partition coefficient (Wildman–Crippen LogP) is 3.49. The third kappa shape index (κ3) is 5.85. The molecule has 0 atom stereocenters. The van der Waals surface area contributed by atoms with Crippen molar-refractivity contribution >= 4 is 5.97 Å². The summed E-state index contributed by atoms with van der Waals surface area (Å²) < 4.78 is 11.1. The Hall–Kier alpha value is -2.40. The van der Waals surface area contributed by atoms with E-state index in [2.05, 4.69) is 9.88 Å². The molecule has 5 heteroatoms. The summed E-state index contributed by atoms with van der Waals surface area (Å²) in [4.78, 5) is 19.2. The molecule has 2 aromatic rings. The number of carbonyl (C=O) groups is 1. The highest BCUT2D eigenvalue weighted by Crippen LogP contribution is 2.25. The molecule has 0 bridgehead atoms. The first-order chi connectivity index (χ1) is 12.5. The van der Waals surface area contributed by atoms with Crippen molar-refractivity contribution in [3.05, 3.63) is 58.9 Å². The van der Waals surface area contributed by atoms with Crippen LogP contribution in [-0.2, 0) is 11.2 Å². The number of carbonyl (C=O) groups excluding carboxylic acids is 1. The Labute approximate surface area is 156 Å². The van der Waals surface area contributed by atoms with E-state index in [0.717, 1.165) is 24.2 Å². The van der Waals surface area contributed by atoms with Gasteiger partial charge in [-0.25, -0.2) is 4.79 Å². The quantitative estimate of drug-likeness (QED) is 0.508. The average molecular weight is 356 g/mol. The molecule has 0 spiro atoms. The van der Waals surface area contributed by atoms with Gasteiger partial charge in [0.25, 0.3) is 0 Å². The van der Waals surface area contributed by atoms with E-state index in [1.54, 1.807) is 13.0 Å². The van der Waals surface area contributed by atoms with Crippen LogP contribution in [0.3, 0.4) is 0 Å². The van der Waals surface area contributed by atoms with Gasteiger partial charge in [0.15, 0.2) is 5.75 Å². The number of aromatic nitrogens is 1. The Morgan fingerprint density at radius 1 is 1.19 bits per heavy atom. The Kier molecular flexibility index (Phi) is 7.60. The highest BCUT2D eigenvalue weighted by Gasteiger charge is 2.19. The van der Waals surface area contributed by atoms with Gasteiger partial charge in [0, 0.05) is 18.7 Å². The van der Waals surface area contributed by atoms with Gasteiger partial charge in [0.1, 0.15) is 5.56 Å². The minimum absolute atomic E-state index is 0.328. The van der Waals surface area contributed by atoms with Crippen LogP contribution < -0.4 is 4.74 Å². The van der Waals surface area contributed by atoms with Crippen LogP contribution in [0.15, 0.2) is 36.4 Å². The number of ether oxygens (including phenoxy) is 2. The summed E-state index contributed by atoms with van der Waals surface area (Å²) in [6, 6.07) is 11.9. The molecule has 140 valence electrons. The lowest BCUT2D eigenvalue weighted by Gasteiger charge is -2.16. The largest absolute Gasteiger partial charge is 0.491 e. The molecular weight excluding hydrogens is 328 g/mol. The van der Waals surface area contributed by atoms with E-state index in [1.165, 1.54) is 0 Å². The molecule has 1 aromatic heterocycles. The van der Waals surface area contributed by atoms with Crippen LogP contribution in [0.2, 0.25) is 0 Å². The lowest BCUT2D eigenvalue weighted by atomic mass is 10.1. The molecule has 0 saturated carbocycles. The van der Waals surface area contributed by atoms with Crippen molar-refractivity contribution < 1.29 is 14.3 Å². The third-order valence-corrected chi connectivity index (χ3v) is 3.91. The standard InChI is InChI=1S/C21H28N2O3/c1-5-25-21(24)19-15-18(14-17-10-7-6-8-11-17)22-16(2)20(19)26-13-9-12-23(3)4/h6-8,10-11,15H,5,9,12-14H2,1-4H3. The molecule has 0 amide bonds. The number of nitrogens with zero attached hydrogens (tertiary/aromatic N) is 2. The fourth-order valence-corrected chi connectivity index (χ4v) is 2.72. The van der Waals surface area contributed by atoms with E-state index in [0.29, 0.717) is 36.6 Å². The van der Waals surface area contributed by atoms with E-state index in [4.69, 9.17) is 9.47 Å². The summed E-state index contributed by atoms with van der Waals surface area (Å²) in [5, 5.41) is 0. The fraction of sp³-hybridized carbons (Fsp3) is 0.429. The summed E-state index contributed by atoms with van der Waals surface area (Å²) in [5.74, 6) is 0.161. The number of esters is 1.